The molecule has 5 rings (SSSR count). The Balaban J connectivity index is 2.01. The van der Waals surface area contributed by atoms with E-state index in [1.54, 1.807) is 0 Å². The molecule has 0 saturated heterocycles. The minimum Gasteiger partial charge on any atom is -0.386 e. The van der Waals surface area contributed by atoms with Crippen molar-refractivity contribution in [1.29, 1.82) is 0 Å². The van der Waals surface area contributed by atoms with Gasteiger partial charge >= 0.3 is 0 Å². The molecule has 0 amide bonds. The van der Waals surface area contributed by atoms with Gasteiger partial charge in [-0.25, -0.2) is 0 Å². The molecule has 0 aromatic heterocycles. The number of hydrogen-bond donors (Lipinski definition) is 2. The molecule has 0 fully saturated rings. The van der Waals surface area contributed by atoms with Crippen LogP contribution in [0.2, 0.25) is 0 Å². The number of aliphatic hydroxyl groups is 2. The summed E-state index contributed by atoms with van der Waals surface area (Å²) in [6.45, 7) is 0. The Labute approximate surface area is 122 Å². The number of benzene rings is 3. The lowest BCUT2D eigenvalue weighted by Crippen LogP contribution is -2.20. The molecule has 3 aromatic rings. The Kier molecular flexibility index (Phi) is 2.04. The van der Waals surface area contributed by atoms with Gasteiger partial charge in [0.25, 0.3) is 0 Å². The van der Waals surface area contributed by atoms with Gasteiger partial charge in [0.15, 0.2) is 0 Å². The average molecular weight is 274 g/mol. The van der Waals surface area contributed by atoms with Crippen LogP contribution in [0.25, 0.3) is 27.1 Å². The largest absolute Gasteiger partial charge is 0.386 e. The minimum atomic E-state index is -0.814. The highest BCUT2D eigenvalue weighted by Crippen LogP contribution is 2.47. The fourth-order valence-corrected chi connectivity index (χ4v) is 3.95. The summed E-state index contributed by atoms with van der Waals surface area (Å²) >= 11 is 0. The normalized spacial score (nSPS) is 22.9. The lowest BCUT2D eigenvalue weighted by atomic mass is 9.86. The molecule has 2 aliphatic rings. The van der Waals surface area contributed by atoms with Gasteiger partial charge in [-0.3, -0.25) is 0 Å². The van der Waals surface area contributed by atoms with E-state index in [0.717, 1.165) is 23.1 Å². The zero-order valence-corrected chi connectivity index (χ0v) is 11.4. The first-order valence-corrected chi connectivity index (χ1v) is 7.28. The Morgan fingerprint density at radius 1 is 0.952 bits per heavy atom. The number of hydrogen-bond acceptors (Lipinski definition) is 2. The van der Waals surface area contributed by atoms with Crippen LogP contribution in [0.1, 0.15) is 22.8 Å². The average Bonchev–Trinajstić information content (AvgIpc) is 2.86. The summed E-state index contributed by atoms with van der Waals surface area (Å²) in [5.74, 6) is 0. The number of fused-ring (bicyclic) bond motifs is 2. The molecule has 2 nitrogen and oxygen atoms in total. The fraction of sp³-hybridized carbons (Fsp3) is 0.158. The van der Waals surface area contributed by atoms with Crippen LogP contribution in [0.4, 0.5) is 0 Å². The first kappa shape index (κ1) is 11.5. The maximum absolute atomic E-state index is 10.2. The summed E-state index contributed by atoms with van der Waals surface area (Å²) < 4.78 is 0. The molecule has 21 heavy (non-hydrogen) atoms. The molecule has 2 N–H and O–H groups in total. The van der Waals surface area contributed by atoms with Crippen molar-refractivity contribution >= 4 is 27.1 Å². The van der Waals surface area contributed by atoms with E-state index in [2.05, 4.69) is 36.4 Å². The molecule has 0 saturated carbocycles. The summed E-state index contributed by atoms with van der Waals surface area (Å²) in [6.07, 6.45) is 1.05. The molecule has 0 unspecified atom stereocenters. The van der Waals surface area contributed by atoms with Gasteiger partial charge in [0.05, 0.1) is 0 Å². The molecule has 0 bridgehead atoms. The second-order valence-electron chi connectivity index (χ2n) is 6.01. The van der Waals surface area contributed by atoms with Crippen molar-refractivity contribution in [2.24, 2.45) is 0 Å². The van der Waals surface area contributed by atoms with E-state index < -0.39 is 12.2 Å². The maximum atomic E-state index is 10.2. The highest BCUT2D eigenvalue weighted by atomic mass is 16.3. The van der Waals surface area contributed by atoms with Gasteiger partial charge in [0, 0.05) is 0 Å². The van der Waals surface area contributed by atoms with E-state index >= 15 is 0 Å². The molecule has 102 valence electrons. The quantitative estimate of drug-likeness (QED) is 0.617. The monoisotopic (exact) mass is 274 g/mol. The third-order valence-electron chi connectivity index (χ3n) is 4.86. The molecule has 2 atom stereocenters. The lowest BCUT2D eigenvalue weighted by Gasteiger charge is -2.24. The first-order chi connectivity index (χ1) is 10.2. The van der Waals surface area contributed by atoms with E-state index in [1.807, 2.05) is 12.1 Å². The molecular weight excluding hydrogens is 260 g/mol. The van der Waals surface area contributed by atoms with Gasteiger partial charge < -0.3 is 10.2 Å². The van der Waals surface area contributed by atoms with Crippen LogP contribution in [-0.4, -0.2) is 16.3 Å². The lowest BCUT2D eigenvalue weighted by molar-refractivity contribution is 0.0467. The van der Waals surface area contributed by atoms with E-state index in [-0.39, 0.29) is 0 Å². The van der Waals surface area contributed by atoms with Gasteiger partial charge in [-0.05, 0) is 56.3 Å². The van der Waals surface area contributed by atoms with Crippen molar-refractivity contribution < 1.29 is 10.2 Å². The molecule has 0 spiro atoms. The highest BCUT2D eigenvalue weighted by Gasteiger charge is 2.32. The summed E-state index contributed by atoms with van der Waals surface area (Å²) in [4.78, 5) is 0. The third kappa shape index (κ3) is 1.34. The van der Waals surface area contributed by atoms with Crippen LogP contribution in [0.3, 0.4) is 0 Å². The van der Waals surface area contributed by atoms with Crippen molar-refractivity contribution in [3.8, 4) is 0 Å². The molecule has 0 heterocycles. The molecule has 0 radical (unpaired) electrons. The summed E-state index contributed by atoms with van der Waals surface area (Å²) in [5, 5.41) is 25.3. The highest BCUT2D eigenvalue weighted by molar-refractivity contribution is 6.15. The molecule has 2 heteroatoms. The Morgan fingerprint density at radius 2 is 1.81 bits per heavy atom. The predicted molar refractivity (Wildman–Crippen MR) is 84.1 cm³/mol. The summed E-state index contributed by atoms with van der Waals surface area (Å²) in [6, 6.07) is 14.7. The van der Waals surface area contributed by atoms with Gasteiger partial charge in [-0.15, -0.1) is 0 Å². The van der Waals surface area contributed by atoms with E-state index in [9.17, 15) is 10.2 Å². The van der Waals surface area contributed by atoms with Crippen molar-refractivity contribution in [3.05, 3.63) is 65.2 Å². The van der Waals surface area contributed by atoms with Crippen molar-refractivity contribution in [1.82, 2.24) is 0 Å². The molecule has 0 aliphatic heterocycles. The number of aliphatic hydroxyl groups excluding tert-OH is 2. The van der Waals surface area contributed by atoms with Gasteiger partial charge in [0.2, 0.25) is 0 Å². The zero-order valence-electron chi connectivity index (χ0n) is 11.4. The SMILES string of the molecule is O[C@@H]1C=C2Cc3cc4ccccc4c4ccc(c2c34)[C@H]1O. The van der Waals surface area contributed by atoms with Gasteiger partial charge in [-0.1, -0.05) is 42.5 Å². The van der Waals surface area contributed by atoms with Crippen LogP contribution >= 0.6 is 0 Å². The molecule has 2 aliphatic carbocycles. The third-order valence-corrected chi connectivity index (χ3v) is 4.86. The van der Waals surface area contributed by atoms with E-state index in [0.29, 0.717) is 0 Å². The van der Waals surface area contributed by atoms with Crippen molar-refractivity contribution in [3.63, 3.8) is 0 Å². The second kappa shape index (κ2) is 3.73. The first-order valence-electron chi connectivity index (χ1n) is 7.28. The van der Waals surface area contributed by atoms with Crippen molar-refractivity contribution in [2.75, 3.05) is 0 Å². The Hall–Kier alpha value is -2.16. The van der Waals surface area contributed by atoms with Crippen LogP contribution in [0, 0.1) is 0 Å². The van der Waals surface area contributed by atoms with Crippen LogP contribution < -0.4 is 0 Å². The number of allylic oxidation sites excluding steroid dienone is 1. The van der Waals surface area contributed by atoms with Crippen molar-refractivity contribution in [2.45, 2.75) is 18.6 Å². The fourth-order valence-electron chi connectivity index (χ4n) is 3.95. The minimum absolute atomic E-state index is 0.798. The molecular formula is C19H14O2. The van der Waals surface area contributed by atoms with Gasteiger partial charge in [-0.2, -0.15) is 0 Å². The standard InChI is InChI=1S/C19H14O2/c20-16-9-12-8-11-7-10-3-1-2-4-13(10)14-5-6-15(19(16)21)18(12)17(11)14/h1-7,9,16,19-21H,8H2/t16-,19-/m1/s1. The smallest absolute Gasteiger partial charge is 0.109 e. The summed E-state index contributed by atoms with van der Waals surface area (Å²) in [7, 11) is 0. The molecule has 3 aromatic carbocycles. The van der Waals surface area contributed by atoms with Crippen LogP contribution in [-0.2, 0) is 6.42 Å². The maximum Gasteiger partial charge on any atom is 0.109 e. The van der Waals surface area contributed by atoms with Gasteiger partial charge in [0.1, 0.15) is 12.2 Å². The zero-order chi connectivity index (χ0) is 14.1. The number of rotatable bonds is 0. The van der Waals surface area contributed by atoms with E-state index in [1.165, 1.54) is 27.1 Å². The summed E-state index contributed by atoms with van der Waals surface area (Å²) in [5.41, 5.74) is 4.46. The Bertz CT molecular complexity index is 953. The Morgan fingerprint density at radius 3 is 2.71 bits per heavy atom. The second-order valence-corrected chi connectivity index (χ2v) is 6.01. The van der Waals surface area contributed by atoms with Crippen LogP contribution in [0.5, 0.6) is 0 Å². The predicted octanol–water partition coefficient (Wildman–Crippen LogP) is 3.34. The van der Waals surface area contributed by atoms with Crippen LogP contribution in [0.15, 0.2) is 48.5 Å². The van der Waals surface area contributed by atoms with E-state index in [4.69, 9.17) is 0 Å². The topological polar surface area (TPSA) is 40.5 Å².